The maximum Gasteiger partial charge on any atom is 0.189 e. The zero-order valence-corrected chi connectivity index (χ0v) is 13.0. The summed E-state index contributed by atoms with van der Waals surface area (Å²) < 4.78 is 25.2. The van der Waals surface area contributed by atoms with E-state index in [1.165, 1.54) is 36.4 Å². The third-order valence-corrected chi connectivity index (χ3v) is 5.46. The summed E-state index contributed by atoms with van der Waals surface area (Å²) in [6.45, 7) is 0. The maximum absolute atomic E-state index is 12.6. The third-order valence-electron chi connectivity index (χ3n) is 3.14. The van der Waals surface area contributed by atoms with Crippen LogP contribution >= 0.6 is 11.6 Å². The molecule has 0 radical (unpaired) electrons. The number of ketones is 1. The molecule has 6 heteroatoms. The van der Waals surface area contributed by atoms with Crippen molar-refractivity contribution in [3.63, 3.8) is 0 Å². The van der Waals surface area contributed by atoms with E-state index in [-0.39, 0.29) is 10.5 Å². The van der Waals surface area contributed by atoms with E-state index in [1.54, 1.807) is 24.3 Å². The Hall–Kier alpha value is -2.16. The van der Waals surface area contributed by atoms with Gasteiger partial charge in [-0.1, -0.05) is 29.8 Å². The van der Waals surface area contributed by atoms with E-state index in [4.69, 9.17) is 16.9 Å². The third kappa shape index (κ3) is 3.35. The molecule has 2 rings (SSSR count). The summed E-state index contributed by atoms with van der Waals surface area (Å²) in [6.07, 6.45) is -0.404. The van der Waals surface area contributed by atoms with Gasteiger partial charge in [-0.2, -0.15) is 5.26 Å². The molecule has 2 aromatic rings. The van der Waals surface area contributed by atoms with Crippen LogP contribution in [0.2, 0.25) is 5.02 Å². The van der Waals surface area contributed by atoms with Gasteiger partial charge in [-0.25, -0.2) is 8.42 Å². The minimum Gasteiger partial charge on any atom is -0.293 e. The van der Waals surface area contributed by atoms with Crippen molar-refractivity contribution in [2.45, 2.75) is 16.6 Å². The van der Waals surface area contributed by atoms with E-state index < -0.39 is 27.3 Å². The topological polar surface area (TPSA) is 75.0 Å². The SMILES string of the molecule is N#CCC(C(=O)c1ccc(Cl)cc1)S(=O)(=O)c1ccccc1. The molecule has 112 valence electrons. The van der Waals surface area contributed by atoms with E-state index >= 15 is 0 Å². The average Bonchev–Trinajstić information content (AvgIpc) is 2.53. The lowest BCUT2D eigenvalue weighted by molar-refractivity contribution is 0.0987. The van der Waals surface area contributed by atoms with Gasteiger partial charge in [0.2, 0.25) is 0 Å². The fourth-order valence-electron chi connectivity index (χ4n) is 2.00. The lowest BCUT2D eigenvalue weighted by Gasteiger charge is -2.14. The van der Waals surface area contributed by atoms with Crippen molar-refractivity contribution in [2.24, 2.45) is 0 Å². The molecule has 0 aliphatic rings. The highest BCUT2D eigenvalue weighted by atomic mass is 35.5. The molecule has 0 heterocycles. The molecule has 0 aliphatic carbocycles. The molecule has 0 saturated carbocycles. The molecule has 22 heavy (non-hydrogen) atoms. The van der Waals surface area contributed by atoms with E-state index in [9.17, 15) is 13.2 Å². The van der Waals surface area contributed by atoms with Gasteiger partial charge in [-0.15, -0.1) is 0 Å². The zero-order chi connectivity index (χ0) is 16.2. The smallest absolute Gasteiger partial charge is 0.189 e. The highest BCUT2D eigenvalue weighted by Crippen LogP contribution is 2.22. The number of carbonyl (C=O) groups is 1. The molecule has 2 aromatic carbocycles. The largest absolute Gasteiger partial charge is 0.293 e. The van der Waals surface area contributed by atoms with Gasteiger partial charge in [-0.05, 0) is 36.4 Å². The normalized spacial score (nSPS) is 12.4. The molecule has 0 spiro atoms. The number of nitriles is 1. The van der Waals surface area contributed by atoms with Crippen LogP contribution in [-0.2, 0) is 9.84 Å². The van der Waals surface area contributed by atoms with Gasteiger partial charge in [0.05, 0.1) is 17.4 Å². The highest BCUT2D eigenvalue weighted by molar-refractivity contribution is 7.92. The van der Waals surface area contributed by atoms with Gasteiger partial charge in [0, 0.05) is 10.6 Å². The summed E-state index contributed by atoms with van der Waals surface area (Å²) in [6, 6.07) is 15.4. The number of nitrogens with zero attached hydrogens (tertiary/aromatic N) is 1. The Morgan fingerprint density at radius 2 is 1.68 bits per heavy atom. The van der Waals surface area contributed by atoms with Crippen molar-refractivity contribution in [2.75, 3.05) is 0 Å². The van der Waals surface area contributed by atoms with Crippen molar-refractivity contribution < 1.29 is 13.2 Å². The second-order valence-corrected chi connectivity index (χ2v) is 7.15. The van der Waals surface area contributed by atoms with Crippen molar-refractivity contribution in [1.29, 1.82) is 5.26 Å². The Bertz CT molecular complexity index is 809. The summed E-state index contributed by atoms with van der Waals surface area (Å²) in [5.41, 5.74) is 0.212. The Morgan fingerprint density at radius 3 is 2.23 bits per heavy atom. The van der Waals surface area contributed by atoms with Crippen LogP contribution < -0.4 is 0 Å². The zero-order valence-electron chi connectivity index (χ0n) is 11.4. The molecule has 0 aliphatic heterocycles. The molecule has 1 unspecified atom stereocenters. The molecule has 0 N–H and O–H groups in total. The van der Waals surface area contributed by atoms with E-state index in [0.717, 1.165) is 0 Å². The van der Waals surface area contributed by atoms with Crippen molar-refractivity contribution in [3.8, 4) is 6.07 Å². The first-order valence-corrected chi connectivity index (χ1v) is 8.35. The fourth-order valence-corrected chi connectivity index (χ4v) is 3.70. The van der Waals surface area contributed by atoms with Gasteiger partial charge >= 0.3 is 0 Å². The second-order valence-electron chi connectivity index (χ2n) is 4.58. The summed E-state index contributed by atoms with van der Waals surface area (Å²) >= 11 is 5.76. The van der Waals surface area contributed by atoms with Gasteiger partial charge < -0.3 is 0 Å². The van der Waals surface area contributed by atoms with Crippen LogP contribution in [0.5, 0.6) is 0 Å². The van der Waals surface area contributed by atoms with Crippen molar-refractivity contribution in [3.05, 3.63) is 65.2 Å². The molecule has 0 amide bonds. The minimum absolute atomic E-state index is 0.0255. The molecule has 0 aromatic heterocycles. The Balaban J connectivity index is 2.44. The Kier molecular flexibility index (Phi) is 4.96. The van der Waals surface area contributed by atoms with Gasteiger partial charge in [0.15, 0.2) is 15.6 Å². The van der Waals surface area contributed by atoms with Crippen LogP contribution in [0.25, 0.3) is 0 Å². The fraction of sp³-hybridized carbons (Fsp3) is 0.125. The van der Waals surface area contributed by atoms with Crippen LogP contribution in [-0.4, -0.2) is 19.5 Å². The average molecular weight is 334 g/mol. The minimum atomic E-state index is -3.93. The summed E-state index contributed by atoms with van der Waals surface area (Å²) in [5, 5.41) is 7.91. The first-order chi connectivity index (χ1) is 10.5. The van der Waals surface area contributed by atoms with Crippen LogP contribution in [0.3, 0.4) is 0 Å². The number of carbonyl (C=O) groups excluding carboxylic acids is 1. The molecule has 1 atom stereocenters. The monoisotopic (exact) mass is 333 g/mol. The number of halogens is 1. The van der Waals surface area contributed by atoms with Crippen molar-refractivity contribution >= 4 is 27.2 Å². The van der Waals surface area contributed by atoms with E-state index in [0.29, 0.717) is 5.02 Å². The molecular formula is C16H12ClNO3S. The van der Waals surface area contributed by atoms with Gasteiger partial charge in [-0.3, -0.25) is 4.79 Å². The quantitative estimate of drug-likeness (QED) is 0.787. The van der Waals surface area contributed by atoms with E-state index in [2.05, 4.69) is 0 Å². The number of hydrogen-bond donors (Lipinski definition) is 0. The van der Waals surface area contributed by atoms with Gasteiger partial charge in [0.25, 0.3) is 0 Å². The predicted molar refractivity (Wildman–Crippen MR) is 83.4 cm³/mol. The summed E-state index contributed by atoms with van der Waals surface area (Å²) in [4.78, 5) is 12.5. The number of Topliss-reactive ketones (excluding diaryl/α,β-unsaturated/α-hetero) is 1. The Morgan fingerprint density at radius 1 is 1.09 bits per heavy atom. The number of sulfone groups is 1. The first-order valence-electron chi connectivity index (χ1n) is 6.42. The number of rotatable bonds is 5. The predicted octanol–water partition coefficient (Wildman–Crippen LogP) is 3.28. The number of hydrogen-bond acceptors (Lipinski definition) is 4. The molecule has 0 fully saturated rings. The van der Waals surface area contributed by atoms with Gasteiger partial charge in [0.1, 0.15) is 5.25 Å². The summed E-state index contributed by atoms with van der Waals surface area (Å²) in [7, 11) is -3.93. The molecule has 0 saturated heterocycles. The molecule has 4 nitrogen and oxygen atoms in total. The lowest BCUT2D eigenvalue weighted by Crippen LogP contribution is -2.30. The van der Waals surface area contributed by atoms with Crippen LogP contribution in [0, 0.1) is 11.3 Å². The molecule has 0 bridgehead atoms. The highest BCUT2D eigenvalue weighted by Gasteiger charge is 2.34. The van der Waals surface area contributed by atoms with E-state index in [1.807, 2.05) is 0 Å². The molecular weight excluding hydrogens is 322 g/mol. The summed E-state index contributed by atoms with van der Waals surface area (Å²) in [5.74, 6) is -0.609. The van der Waals surface area contributed by atoms with Crippen LogP contribution in [0.1, 0.15) is 16.8 Å². The maximum atomic E-state index is 12.6. The van der Waals surface area contributed by atoms with Crippen LogP contribution in [0.15, 0.2) is 59.5 Å². The second kappa shape index (κ2) is 6.73. The van der Waals surface area contributed by atoms with Crippen LogP contribution in [0.4, 0.5) is 0 Å². The Labute approximate surface area is 133 Å². The lowest BCUT2D eigenvalue weighted by atomic mass is 10.1. The standard InChI is InChI=1S/C16H12ClNO3S/c17-13-8-6-12(7-9-13)16(19)15(10-11-18)22(20,21)14-4-2-1-3-5-14/h1-9,15H,10H2. The van der Waals surface area contributed by atoms with Crippen molar-refractivity contribution in [1.82, 2.24) is 0 Å². The number of benzene rings is 2. The first kappa shape index (κ1) is 16.2.